The lowest BCUT2D eigenvalue weighted by Gasteiger charge is -2.02. The zero-order valence-corrected chi connectivity index (χ0v) is 11.1. The number of carbonyl (C=O) groups excluding carboxylic acids is 1. The van der Waals surface area contributed by atoms with Gasteiger partial charge < -0.3 is 10.1 Å². The molecule has 1 N–H and O–H groups in total. The number of rotatable bonds is 4. The van der Waals surface area contributed by atoms with E-state index in [2.05, 4.69) is 10.3 Å². The summed E-state index contributed by atoms with van der Waals surface area (Å²) in [6, 6.07) is 7.92. The van der Waals surface area contributed by atoms with Crippen LogP contribution in [0.3, 0.4) is 0 Å². The van der Waals surface area contributed by atoms with Gasteiger partial charge in [0.2, 0.25) is 5.91 Å². The van der Waals surface area contributed by atoms with Crippen molar-refractivity contribution in [3.8, 4) is 5.75 Å². The van der Waals surface area contributed by atoms with Crippen LogP contribution in [0.5, 0.6) is 5.75 Å². The van der Waals surface area contributed by atoms with Crippen LogP contribution in [0.25, 0.3) is 0 Å². The van der Waals surface area contributed by atoms with Gasteiger partial charge >= 0.3 is 0 Å². The molecule has 0 aliphatic rings. The highest BCUT2D eigenvalue weighted by molar-refractivity contribution is 7.15. The Morgan fingerprint density at radius 1 is 1.50 bits per heavy atom. The van der Waals surface area contributed by atoms with Crippen LogP contribution in [0.1, 0.15) is 17.4 Å². The van der Waals surface area contributed by atoms with Crippen LogP contribution >= 0.6 is 11.3 Å². The minimum Gasteiger partial charge on any atom is -0.497 e. The van der Waals surface area contributed by atoms with Gasteiger partial charge in [0, 0.05) is 24.4 Å². The molecule has 0 aliphatic heterocycles. The predicted octanol–water partition coefficient (Wildman–Crippen LogP) is 2.70. The molecule has 0 saturated carbocycles. The molecule has 0 atom stereocenters. The van der Waals surface area contributed by atoms with Crippen molar-refractivity contribution in [2.75, 3.05) is 12.4 Å². The van der Waals surface area contributed by atoms with Gasteiger partial charge in [-0.25, -0.2) is 4.98 Å². The molecule has 0 saturated heterocycles. The molecule has 18 heavy (non-hydrogen) atoms. The number of thiazole rings is 1. The third-order valence-electron chi connectivity index (χ3n) is 2.35. The molecular formula is C13H14N2O2S. The van der Waals surface area contributed by atoms with Crippen LogP contribution in [0.2, 0.25) is 0 Å². The van der Waals surface area contributed by atoms with E-state index in [9.17, 15) is 4.79 Å². The van der Waals surface area contributed by atoms with Crippen molar-refractivity contribution in [2.24, 2.45) is 0 Å². The molecule has 2 aromatic rings. The Morgan fingerprint density at radius 3 is 3.06 bits per heavy atom. The average Bonchev–Trinajstić information content (AvgIpc) is 2.76. The highest BCUT2D eigenvalue weighted by atomic mass is 32.1. The van der Waals surface area contributed by atoms with Gasteiger partial charge in [-0.15, -0.1) is 11.3 Å². The van der Waals surface area contributed by atoms with E-state index in [1.807, 2.05) is 24.3 Å². The van der Waals surface area contributed by atoms with Crippen molar-refractivity contribution in [3.63, 3.8) is 0 Å². The molecule has 0 spiro atoms. The average molecular weight is 262 g/mol. The van der Waals surface area contributed by atoms with E-state index >= 15 is 0 Å². The zero-order chi connectivity index (χ0) is 13.0. The van der Waals surface area contributed by atoms with Crippen LogP contribution in [0.4, 0.5) is 5.13 Å². The summed E-state index contributed by atoms with van der Waals surface area (Å²) < 4.78 is 5.18. The highest BCUT2D eigenvalue weighted by Crippen LogP contribution is 2.22. The van der Waals surface area contributed by atoms with Crippen molar-refractivity contribution >= 4 is 22.4 Å². The topological polar surface area (TPSA) is 51.2 Å². The lowest BCUT2D eigenvalue weighted by Crippen LogP contribution is -2.04. The maximum atomic E-state index is 10.9. The number of anilines is 1. The summed E-state index contributed by atoms with van der Waals surface area (Å²) in [6.07, 6.45) is 2.57. The second-order valence-electron chi connectivity index (χ2n) is 3.84. The fraction of sp³-hybridized carbons (Fsp3) is 0.231. The molecule has 0 unspecified atom stereocenters. The fourth-order valence-electron chi connectivity index (χ4n) is 1.58. The van der Waals surface area contributed by atoms with Crippen LogP contribution < -0.4 is 10.1 Å². The Kier molecular flexibility index (Phi) is 3.94. The molecule has 94 valence electrons. The molecule has 4 nitrogen and oxygen atoms in total. The number of methoxy groups -OCH3 is 1. The maximum absolute atomic E-state index is 10.9. The number of ether oxygens (including phenoxy) is 1. The first-order chi connectivity index (χ1) is 8.67. The molecule has 1 aromatic carbocycles. The number of carbonyl (C=O) groups is 1. The lowest BCUT2D eigenvalue weighted by atomic mass is 10.1. The third kappa shape index (κ3) is 3.30. The summed E-state index contributed by atoms with van der Waals surface area (Å²) in [7, 11) is 1.65. The summed E-state index contributed by atoms with van der Waals surface area (Å²) in [5.74, 6) is 0.747. The van der Waals surface area contributed by atoms with E-state index in [0.29, 0.717) is 5.13 Å². The molecule has 0 radical (unpaired) electrons. The first-order valence-corrected chi connectivity index (χ1v) is 6.34. The summed E-state index contributed by atoms with van der Waals surface area (Å²) in [5, 5.41) is 3.32. The first kappa shape index (κ1) is 12.6. The Morgan fingerprint density at radius 2 is 2.33 bits per heavy atom. The van der Waals surface area contributed by atoms with Gasteiger partial charge in [0.05, 0.1) is 7.11 Å². The minimum absolute atomic E-state index is 0.0997. The largest absolute Gasteiger partial charge is 0.497 e. The molecule has 1 heterocycles. The Hall–Kier alpha value is -1.88. The van der Waals surface area contributed by atoms with E-state index in [1.54, 1.807) is 13.3 Å². The highest BCUT2D eigenvalue weighted by Gasteiger charge is 2.05. The van der Waals surface area contributed by atoms with Gasteiger partial charge in [-0.3, -0.25) is 4.79 Å². The molecule has 5 heteroatoms. The van der Waals surface area contributed by atoms with Crippen molar-refractivity contribution in [1.82, 2.24) is 4.98 Å². The Labute approximate surface area is 110 Å². The Balaban J connectivity index is 2.08. The number of hydrogen-bond acceptors (Lipinski definition) is 4. The van der Waals surface area contributed by atoms with Gasteiger partial charge in [0.1, 0.15) is 5.75 Å². The fourth-order valence-corrected chi connectivity index (χ4v) is 2.47. The summed E-state index contributed by atoms with van der Waals surface area (Å²) in [4.78, 5) is 16.2. The lowest BCUT2D eigenvalue weighted by molar-refractivity contribution is -0.114. The number of nitrogens with zero attached hydrogens (tertiary/aromatic N) is 1. The molecular weight excluding hydrogens is 248 g/mol. The van der Waals surface area contributed by atoms with Gasteiger partial charge in [-0.2, -0.15) is 0 Å². The number of benzene rings is 1. The molecule has 2 rings (SSSR count). The van der Waals surface area contributed by atoms with Gasteiger partial charge in [-0.1, -0.05) is 12.1 Å². The zero-order valence-electron chi connectivity index (χ0n) is 10.3. The number of amides is 1. The summed E-state index contributed by atoms with van der Waals surface area (Å²) in [5.41, 5.74) is 1.16. The van der Waals surface area contributed by atoms with Crippen molar-refractivity contribution in [1.29, 1.82) is 0 Å². The monoisotopic (exact) mass is 262 g/mol. The van der Waals surface area contributed by atoms with Crippen molar-refractivity contribution in [3.05, 3.63) is 40.9 Å². The second kappa shape index (κ2) is 5.64. The van der Waals surface area contributed by atoms with Crippen molar-refractivity contribution in [2.45, 2.75) is 13.3 Å². The van der Waals surface area contributed by atoms with E-state index < -0.39 is 0 Å². The Bertz CT molecular complexity index is 551. The molecule has 0 fully saturated rings. The first-order valence-electron chi connectivity index (χ1n) is 5.52. The summed E-state index contributed by atoms with van der Waals surface area (Å²) >= 11 is 1.49. The molecule has 1 amide bonds. The van der Waals surface area contributed by atoms with Gasteiger partial charge in [0.15, 0.2) is 5.13 Å². The third-order valence-corrected chi connectivity index (χ3v) is 3.26. The van der Waals surface area contributed by atoms with E-state index in [4.69, 9.17) is 4.74 Å². The van der Waals surface area contributed by atoms with E-state index in [1.165, 1.54) is 18.3 Å². The second-order valence-corrected chi connectivity index (χ2v) is 4.96. The predicted molar refractivity (Wildman–Crippen MR) is 72.2 cm³/mol. The minimum atomic E-state index is -0.0997. The van der Waals surface area contributed by atoms with Gasteiger partial charge in [-0.05, 0) is 17.7 Å². The van der Waals surface area contributed by atoms with Crippen LogP contribution in [0, 0.1) is 0 Å². The number of nitrogens with one attached hydrogen (secondary N) is 1. The van der Waals surface area contributed by atoms with Crippen molar-refractivity contribution < 1.29 is 9.53 Å². The van der Waals surface area contributed by atoms with Crippen LogP contribution in [-0.2, 0) is 11.2 Å². The molecule has 0 aliphatic carbocycles. The molecule has 0 bridgehead atoms. The SMILES string of the molecule is COc1cccc(Cc2cnc(NC(C)=O)s2)c1. The van der Waals surface area contributed by atoms with E-state index in [0.717, 1.165) is 22.6 Å². The smallest absolute Gasteiger partial charge is 0.223 e. The van der Waals surface area contributed by atoms with Crippen LogP contribution in [0.15, 0.2) is 30.5 Å². The quantitative estimate of drug-likeness (QED) is 0.921. The standard InChI is InChI=1S/C13H14N2O2S/c1-9(16)15-13-14-8-12(18-13)7-10-4-3-5-11(6-10)17-2/h3-6,8H,7H2,1-2H3,(H,14,15,16). The number of hydrogen-bond donors (Lipinski definition) is 1. The molecule has 1 aromatic heterocycles. The summed E-state index contributed by atoms with van der Waals surface area (Å²) in [6.45, 7) is 1.48. The van der Waals surface area contributed by atoms with Gasteiger partial charge in [0.25, 0.3) is 0 Å². The normalized spacial score (nSPS) is 10.1. The van der Waals surface area contributed by atoms with E-state index in [-0.39, 0.29) is 5.91 Å². The number of aromatic nitrogens is 1. The van der Waals surface area contributed by atoms with Crippen LogP contribution in [-0.4, -0.2) is 18.0 Å². The maximum Gasteiger partial charge on any atom is 0.223 e.